The van der Waals surface area contributed by atoms with Crippen LogP contribution in [0.5, 0.6) is 0 Å². The van der Waals surface area contributed by atoms with Crippen LogP contribution in [0.25, 0.3) is 39.5 Å². The number of nitrogens with zero attached hydrogens (tertiary/aromatic N) is 5. The summed E-state index contributed by atoms with van der Waals surface area (Å²) in [4.78, 5) is 28.4. The Morgan fingerprint density at radius 2 is 1.81 bits per heavy atom. The molecule has 0 atom stereocenters. The van der Waals surface area contributed by atoms with Gasteiger partial charge >= 0.3 is 0 Å². The zero-order valence-electron chi connectivity index (χ0n) is 20.1. The van der Waals surface area contributed by atoms with Crippen LogP contribution in [0.1, 0.15) is 25.3 Å². The highest BCUT2D eigenvalue weighted by Gasteiger charge is 2.22. The van der Waals surface area contributed by atoms with Crippen molar-refractivity contribution in [1.29, 1.82) is 0 Å². The highest BCUT2D eigenvalue weighted by atomic mass is 16.2. The molecule has 1 fully saturated rings. The maximum Gasteiger partial charge on any atom is 0.227 e. The number of amides is 1. The average molecular weight is 475 g/mol. The van der Waals surface area contributed by atoms with Crippen LogP contribution < -0.4 is 10.6 Å². The molecular formula is C29H26N6O. The van der Waals surface area contributed by atoms with E-state index in [1.54, 1.807) is 6.20 Å². The molecule has 0 unspecified atom stereocenters. The number of aromatic nitrogens is 4. The number of carbonyl (C=O) groups excluding carboxylic acids is 1. The molecule has 7 nitrogen and oxygen atoms in total. The van der Waals surface area contributed by atoms with E-state index in [1.807, 2.05) is 58.0 Å². The van der Waals surface area contributed by atoms with Crippen molar-refractivity contribution in [1.82, 2.24) is 19.5 Å². The summed E-state index contributed by atoms with van der Waals surface area (Å²) < 4.78 is 2.04. The Balaban J connectivity index is 1.53. The first kappa shape index (κ1) is 22.0. The van der Waals surface area contributed by atoms with Crippen LogP contribution >= 0.6 is 0 Å². The summed E-state index contributed by atoms with van der Waals surface area (Å²) in [5, 5.41) is 0. The molecule has 5 aromatic rings. The number of pyridine rings is 2. The molecule has 0 radical (unpaired) electrons. The first-order valence-electron chi connectivity index (χ1n) is 12.2. The number of benzene rings is 2. The third-order valence-electron chi connectivity index (χ3n) is 6.71. The second-order valence-corrected chi connectivity index (χ2v) is 8.97. The van der Waals surface area contributed by atoms with E-state index in [0.29, 0.717) is 18.1 Å². The molecule has 178 valence electrons. The molecule has 0 aliphatic carbocycles. The lowest BCUT2D eigenvalue weighted by molar-refractivity contribution is -0.117. The van der Waals surface area contributed by atoms with E-state index in [0.717, 1.165) is 58.7 Å². The van der Waals surface area contributed by atoms with Gasteiger partial charge in [0.05, 0.1) is 11.3 Å². The molecule has 36 heavy (non-hydrogen) atoms. The van der Waals surface area contributed by atoms with E-state index in [1.165, 1.54) is 5.56 Å². The second kappa shape index (κ2) is 8.92. The topological polar surface area (TPSA) is 89.9 Å². The lowest BCUT2D eigenvalue weighted by Crippen LogP contribution is -2.23. The monoisotopic (exact) mass is 474 g/mol. The van der Waals surface area contributed by atoms with Gasteiger partial charge in [0.2, 0.25) is 5.91 Å². The lowest BCUT2D eigenvalue weighted by atomic mass is 10.1. The van der Waals surface area contributed by atoms with Gasteiger partial charge < -0.3 is 10.6 Å². The lowest BCUT2D eigenvalue weighted by Gasteiger charge is -2.16. The number of nitrogens with two attached hydrogens (primary N) is 1. The summed E-state index contributed by atoms with van der Waals surface area (Å²) in [5.41, 5.74) is 13.4. The van der Waals surface area contributed by atoms with Crippen molar-refractivity contribution in [2.24, 2.45) is 0 Å². The molecule has 0 spiro atoms. The van der Waals surface area contributed by atoms with Crippen LogP contribution in [0.15, 0.2) is 79.0 Å². The van der Waals surface area contributed by atoms with Crippen molar-refractivity contribution < 1.29 is 4.79 Å². The molecule has 1 amide bonds. The molecule has 2 aromatic carbocycles. The summed E-state index contributed by atoms with van der Waals surface area (Å²) in [5.74, 6) is 1.28. The van der Waals surface area contributed by atoms with Crippen LogP contribution in [0.3, 0.4) is 0 Å². The smallest absolute Gasteiger partial charge is 0.227 e. The minimum atomic E-state index is 0.169. The summed E-state index contributed by atoms with van der Waals surface area (Å²) in [7, 11) is 0. The summed E-state index contributed by atoms with van der Waals surface area (Å²) in [6.07, 6.45) is 4.14. The highest BCUT2D eigenvalue weighted by molar-refractivity contribution is 5.96. The third-order valence-corrected chi connectivity index (χ3v) is 6.71. The fraction of sp³-hybridized carbons (Fsp3) is 0.172. The Bertz CT molecular complexity index is 1590. The molecule has 0 bridgehead atoms. The average Bonchev–Trinajstić information content (AvgIpc) is 3.52. The molecule has 4 heterocycles. The molecule has 6 rings (SSSR count). The maximum absolute atomic E-state index is 12.3. The fourth-order valence-electron chi connectivity index (χ4n) is 4.78. The van der Waals surface area contributed by atoms with Crippen LogP contribution in [-0.4, -0.2) is 32.0 Å². The van der Waals surface area contributed by atoms with Crippen molar-refractivity contribution in [2.45, 2.75) is 26.2 Å². The molecule has 1 aliphatic rings. The van der Waals surface area contributed by atoms with E-state index in [2.05, 4.69) is 36.2 Å². The zero-order valence-corrected chi connectivity index (χ0v) is 20.1. The maximum atomic E-state index is 12.3. The van der Waals surface area contributed by atoms with Crippen LogP contribution in [0.2, 0.25) is 0 Å². The van der Waals surface area contributed by atoms with Gasteiger partial charge in [-0.3, -0.25) is 9.36 Å². The van der Waals surface area contributed by atoms with Gasteiger partial charge in [0.15, 0.2) is 11.5 Å². The first-order valence-corrected chi connectivity index (χ1v) is 12.2. The predicted molar refractivity (Wildman–Crippen MR) is 143 cm³/mol. The molecule has 2 N–H and O–H groups in total. The number of carbonyl (C=O) groups is 1. The van der Waals surface area contributed by atoms with E-state index >= 15 is 0 Å². The number of hydrogen-bond acceptors (Lipinski definition) is 5. The fourth-order valence-corrected chi connectivity index (χ4v) is 4.78. The van der Waals surface area contributed by atoms with Crippen molar-refractivity contribution in [3.63, 3.8) is 0 Å². The SMILES string of the molecule is CCc1ccc(-n2c(-c3cccnc3N)nc3ccc(-c4cccc(N5CCCC5=O)c4)nc32)cc1. The van der Waals surface area contributed by atoms with Crippen molar-refractivity contribution in [3.8, 4) is 28.3 Å². The van der Waals surface area contributed by atoms with E-state index in [-0.39, 0.29) is 5.91 Å². The van der Waals surface area contributed by atoms with Gasteiger partial charge in [-0.15, -0.1) is 0 Å². The Morgan fingerprint density at radius 3 is 2.56 bits per heavy atom. The number of anilines is 2. The molecule has 1 aliphatic heterocycles. The Morgan fingerprint density at radius 1 is 0.944 bits per heavy atom. The largest absolute Gasteiger partial charge is 0.383 e. The van der Waals surface area contributed by atoms with Gasteiger partial charge in [0.25, 0.3) is 0 Å². The van der Waals surface area contributed by atoms with Crippen molar-refractivity contribution in [3.05, 3.63) is 84.6 Å². The molecule has 3 aromatic heterocycles. The van der Waals surface area contributed by atoms with E-state index in [4.69, 9.17) is 15.7 Å². The van der Waals surface area contributed by atoms with E-state index in [9.17, 15) is 4.79 Å². The number of nitrogen functional groups attached to an aromatic ring is 1. The summed E-state index contributed by atoms with van der Waals surface area (Å²) in [6.45, 7) is 2.90. The second-order valence-electron chi connectivity index (χ2n) is 8.97. The molecule has 0 saturated carbocycles. The standard InChI is InChI=1S/C29H26N6O/c1-2-19-10-12-21(13-11-19)35-28(23-8-4-16-31-27(23)30)33-25-15-14-24(32-29(25)35)20-6-3-7-22(18-20)34-17-5-9-26(34)36/h3-4,6-8,10-16,18H,2,5,9,17H2,1H3,(H2,30,31). The zero-order chi connectivity index (χ0) is 24.6. The number of hydrogen-bond donors (Lipinski definition) is 1. The van der Waals surface area contributed by atoms with Crippen LogP contribution in [0, 0.1) is 0 Å². The number of imidazole rings is 1. The minimum Gasteiger partial charge on any atom is -0.383 e. The van der Waals surface area contributed by atoms with Gasteiger partial charge in [-0.2, -0.15) is 0 Å². The summed E-state index contributed by atoms with van der Waals surface area (Å²) >= 11 is 0. The predicted octanol–water partition coefficient (Wildman–Crippen LogP) is 5.42. The van der Waals surface area contributed by atoms with Crippen LogP contribution in [0.4, 0.5) is 11.5 Å². The van der Waals surface area contributed by atoms with Crippen molar-refractivity contribution in [2.75, 3.05) is 17.2 Å². The minimum absolute atomic E-state index is 0.169. The number of aryl methyl sites for hydroxylation is 1. The Hall–Kier alpha value is -4.52. The third kappa shape index (κ3) is 3.79. The van der Waals surface area contributed by atoms with Gasteiger partial charge in [0.1, 0.15) is 11.3 Å². The number of rotatable bonds is 5. The normalized spacial score (nSPS) is 13.6. The van der Waals surface area contributed by atoms with Gasteiger partial charge in [-0.1, -0.05) is 31.2 Å². The molecule has 7 heteroatoms. The first-order chi connectivity index (χ1) is 17.6. The van der Waals surface area contributed by atoms with E-state index < -0.39 is 0 Å². The van der Waals surface area contributed by atoms with Gasteiger partial charge in [-0.25, -0.2) is 15.0 Å². The van der Waals surface area contributed by atoms with Crippen molar-refractivity contribution >= 4 is 28.6 Å². The number of fused-ring (bicyclic) bond motifs is 1. The highest BCUT2D eigenvalue weighted by Crippen LogP contribution is 2.33. The molecular weight excluding hydrogens is 448 g/mol. The Labute approximate surface area is 209 Å². The summed E-state index contributed by atoms with van der Waals surface area (Å²) in [6, 6.07) is 24.2. The van der Waals surface area contributed by atoms with Gasteiger partial charge in [0, 0.05) is 36.1 Å². The Kier molecular flexibility index (Phi) is 5.45. The quantitative estimate of drug-likeness (QED) is 0.367. The molecule has 1 saturated heterocycles. The van der Waals surface area contributed by atoms with Gasteiger partial charge in [-0.05, 0) is 66.9 Å². The van der Waals surface area contributed by atoms with Crippen LogP contribution in [-0.2, 0) is 11.2 Å².